The van der Waals surface area contributed by atoms with Crippen LogP contribution in [-0.2, 0) is 0 Å². The van der Waals surface area contributed by atoms with Gasteiger partial charge in [0, 0.05) is 0 Å². The molecule has 2 rings (SSSR count). The van der Waals surface area contributed by atoms with Gasteiger partial charge in [0.25, 0.3) is 0 Å². The average Bonchev–Trinajstić information content (AvgIpc) is 3.12. The van der Waals surface area contributed by atoms with Crippen LogP contribution in [0.1, 0.15) is 28.8 Å². The molecule has 1 aromatic carbocycles. The smallest absolute Gasteiger partial charge is 0.177 e. The molecule has 1 aliphatic rings. The lowest BCUT2D eigenvalue weighted by atomic mass is 10.1. The third-order valence-corrected chi connectivity index (χ3v) is 2.86. The van der Waals surface area contributed by atoms with E-state index in [-0.39, 0.29) is 17.2 Å². The molecule has 4 heteroatoms. The molecule has 1 aliphatic carbocycles. The first kappa shape index (κ1) is 11.2. The molecule has 1 aromatic rings. The Morgan fingerprint density at radius 3 is 2.88 bits per heavy atom. The topological polar surface area (TPSA) is 50.1 Å². The van der Waals surface area contributed by atoms with Crippen molar-refractivity contribution in [2.75, 3.05) is 5.33 Å². The van der Waals surface area contributed by atoms with E-state index in [0.29, 0.717) is 16.9 Å². The lowest BCUT2D eigenvalue weighted by Gasteiger charge is -2.09. The second kappa shape index (κ2) is 4.67. The van der Waals surface area contributed by atoms with Crippen LogP contribution in [0, 0.1) is 11.3 Å². The maximum atomic E-state index is 11.7. The highest BCUT2D eigenvalue weighted by Gasteiger charge is 2.25. The molecule has 3 nitrogen and oxygen atoms in total. The average molecular weight is 280 g/mol. The van der Waals surface area contributed by atoms with Crippen LogP contribution in [0.2, 0.25) is 0 Å². The standard InChI is InChI=1S/C12H10BrNO2/c13-6-11(15)10-5-8(7-14)1-4-12(10)16-9-2-3-9/h1,4-5,9H,2-3,6H2. The normalized spacial score (nSPS) is 14.2. The fourth-order valence-corrected chi connectivity index (χ4v) is 1.66. The van der Waals surface area contributed by atoms with Crippen LogP contribution in [0.15, 0.2) is 18.2 Å². The second-order valence-corrected chi connectivity index (χ2v) is 4.26. The number of carbonyl (C=O) groups excluding carboxylic acids is 1. The van der Waals surface area contributed by atoms with E-state index in [1.165, 1.54) is 0 Å². The molecular formula is C12H10BrNO2. The maximum absolute atomic E-state index is 11.7. The van der Waals surface area contributed by atoms with Crippen molar-refractivity contribution in [3.05, 3.63) is 29.3 Å². The van der Waals surface area contributed by atoms with E-state index >= 15 is 0 Å². The minimum Gasteiger partial charge on any atom is -0.490 e. The molecule has 0 heterocycles. The fraction of sp³-hybridized carbons (Fsp3) is 0.333. The number of hydrogen-bond donors (Lipinski definition) is 0. The Bertz CT molecular complexity index is 461. The molecule has 0 aliphatic heterocycles. The number of ether oxygens (including phenoxy) is 1. The lowest BCUT2D eigenvalue weighted by Crippen LogP contribution is -2.06. The summed E-state index contributed by atoms with van der Waals surface area (Å²) in [7, 11) is 0. The van der Waals surface area contributed by atoms with Gasteiger partial charge in [-0.25, -0.2) is 0 Å². The van der Waals surface area contributed by atoms with Crippen molar-refractivity contribution in [3.8, 4) is 11.8 Å². The van der Waals surface area contributed by atoms with E-state index in [9.17, 15) is 4.79 Å². The number of Topliss-reactive ketones (excluding diaryl/α,β-unsaturated/α-hetero) is 1. The van der Waals surface area contributed by atoms with E-state index in [1.807, 2.05) is 6.07 Å². The molecule has 0 unspecified atom stereocenters. The van der Waals surface area contributed by atoms with Crippen molar-refractivity contribution in [2.24, 2.45) is 0 Å². The minimum atomic E-state index is -0.0623. The summed E-state index contributed by atoms with van der Waals surface area (Å²) in [6.07, 6.45) is 2.33. The van der Waals surface area contributed by atoms with Crippen LogP contribution in [0.4, 0.5) is 0 Å². The Labute approximate surface area is 102 Å². The molecule has 0 spiro atoms. The molecule has 0 aromatic heterocycles. The molecule has 82 valence electrons. The summed E-state index contributed by atoms with van der Waals surface area (Å²) in [6.45, 7) is 0. The van der Waals surface area contributed by atoms with Gasteiger partial charge in [-0.15, -0.1) is 0 Å². The zero-order valence-corrected chi connectivity index (χ0v) is 10.2. The SMILES string of the molecule is N#Cc1ccc(OC2CC2)c(C(=O)CBr)c1. The van der Waals surface area contributed by atoms with Crippen LogP contribution < -0.4 is 4.74 Å². The van der Waals surface area contributed by atoms with Gasteiger partial charge in [-0.1, -0.05) is 15.9 Å². The van der Waals surface area contributed by atoms with Crippen LogP contribution in [-0.4, -0.2) is 17.2 Å². The number of nitrogens with zero attached hydrogens (tertiary/aromatic N) is 1. The summed E-state index contributed by atoms with van der Waals surface area (Å²) in [5.41, 5.74) is 0.968. The van der Waals surface area contributed by atoms with Gasteiger partial charge in [0.2, 0.25) is 0 Å². The van der Waals surface area contributed by atoms with Crippen molar-refractivity contribution in [1.82, 2.24) is 0 Å². The molecule has 0 saturated heterocycles. The van der Waals surface area contributed by atoms with Crippen molar-refractivity contribution in [1.29, 1.82) is 5.26 Å². The number of alkyl halides is 1. The van der Waals surface area contributed by atoms with Crippen LogP contribution in [0.5, 0.6) is 5.75 Å². The van der Waals surface area contributed by atoms with Crippen LogP contribution >= 0.6 is 15.9 Å². The molecule has 0 amide bonds. The van der Waals surface area contributed by atoms with Gasteiger partial charge in [-0.2, -0.15) is 5.26 Å². The van der Waals surface area contributed by atoms with E-state index < -0.39 is 0 Å². The van der Waals surface area contributed by atoms with Crippen LogP contribution in [0.25, 0.3) is 0 Å². The summed E-state index contributed by atoms with van der Waals surface area (Å²) in [5.74, 6) is 0.527. The number of nitriles is 1. The Kier molecular flexibility index (Phi) is 3.25. The molecular weight excluding hydrogens is 270 g/mol. The highest BCUT2D eigenvalue weighted by molar-refractivity contribution is 9.09. The van der Waals surface area contributed by atoms with Gasteiger partial charge < -0.3 is 4.74 Å². The van der Waals surface area contributed by atoms with E-state index in [0.717, 1.165) is 12.8 Å². The number of ketones is 1. The van der Waals surface area contributed by atoms with E-state index in [1.54, 1.807) is 18.2 Å². The number of carbonyl (C=O) groups is 1. The monoisotopic (exact) mass is 279 g/mol. The summed E-state index contributed by atoms with van der Waals surface area (Å²) in [5, 5.41) is 9.03. The lowest BCUT2D eigenvalue weighted by molar-refractivity contribution is 0.101. The van der Waals surface area contributed by atoms with Crippen molar-refractivity contribution < 1.29 is 9.53 Å². The molecule has 0 bridgehead atoms. The zero-order chi connectivity index (χ0) is 11.5. The number of benzene rings is 1. The molecule has 0 radical (unpaired) electrons. The summed E-state index contributed by atoms with van der Waals surface area (Å²) >= 11 is 3.13. The zero-order valence-electron chi connectivity index (χ0n) is 8.57. The third kappa shape index (κ3) is 2.42. The third-order valence-electron chi connectivity index (χ3n) is 2.35. The largest absolute Gasteiger partial charge is 0.490 e. The van der Waals surface area contributed by atoms with Crippen molar-refractivity contribution in [3.63, 3.8) is 0 Å². The number of hydrogen-bond acceptors (Lipinski definition) is 3. The Morgan fingerprint density at radius 2 is 2.31 bits per heavy atom. The van der Waals surface area contributed by atoms with Gasteiger partial charge in [0.15, 0.2) is 5.78 Å². The van der Waals surface area contributed by atoms with Gasteiger partial charge >= 0.3 is 0 Å². The number of rotatable bonds is 4. The van der Waals surface area contributed by atoms with E-state index in [2.05, 4.69) is 15.9 Å². The first-order chi connectivity index (χ1) is 7.74. The molecule has 1 fully saturated rings. The fourth-order valence-electron chi connectivity index (χ4n) is 1.36. The van der Waals surface area contributed by atoms with Gasteiger partial charge in [-0.05, 0) is 31.0 Å². The molecule has 0 atom stereocenters. The predicted octanol–water partition coefficient (Wildman–Crippen LogP) is 2.68. The Morgan fingerprint density at radius 1 is 1.56 bits per heavy atom. The Balaban J connectivity index is 2.34. The Hall–Kier alpha value is -1.34. The summed E-state index contributed by atoms with van der Waals surface area (Å²) < 4.78 is 5.63. The highest BCUT2D eigenvalue weighted by atomic mass is 79.9. The van der Waals surface area contributed by atoms with Crippen molar-refractivity contribution in [2.45, 2.75) is 18.9 Å². The van der Waals surface area contributed by atoms with Gasteiger partial charge in [0.05, 0.1) is 28.6 Å². The van der Waals surface area contributed by atoms with E-state index in [4.69, 9.17) is 10.00 Å². The molecule has 0 N–H and O–H groups in total. The summed E-state index contributed by atoms with van der Waals surface area (Å²) in [4.78, 5) is 11.7. The minimum absolute atomic E-state index is 0.0623. The first-order valence-electron chi connectivity index (χ1n) is 5.04. The summed E-state index contributed by atoms with van der Waals surface area (Å²) in [6, 6.07) is 6.97. The maximum Gasteiger partial charge on any atom is 0.177 e. The molecule has 16 heavy (non-hydrogen) atoms. The van der Waals surface area contributed by atoms with Crippen molar-refractivity contribution >= 4 is 21.7 Å². The van der Waals surface area contributed by atoms with Gasteiger partial charge in [-0.3, -0.25) is 4.79 Å². The predicted molar refractivity (Wildman–Crippen MR) is 62.9 cm³/mol. The van der Waals surface area contributed by atoms with Crippen LogP contribution in [0.3, 0.4) is 0 Å². The first-order valence-corrected chi connectivity index (χ1v) is 6.16. The highest BCUT2D eigenvalue weighted by Crippen LogP contribution is 2.30. The van der Waals surface area contributed by atoms with Gasteiger partial charge in [0.1, 0.15) is 5.75 Å². The molecule has 1 saturated carbocycles. The second-order valence-electron chi connectivity index (χ2n) is 3.70. The number of halogens is 1. The quantitative estimate of drug-likeness (QED) is 0.629.